The van der Waals surface area contributed by atoms with Gasteiger partial charge in [-0.2, -0.15) is 11.3 Å². The Hall–Kier alpha value is -2.01. The molecule has 2 heterocycles. The van der Waals surface area contributed by atoms with Gasteiger partial charge in [0, 0.05) is 10.9 Å². The molecule has 0 bridgehead atoms. The van der Waals surface area contributed by atoms with E-state index in [1.807, 2.05) is 47.2 Å². The molecular weight excluding hydrogens is 220 g/mol. The van der Waals surface area contributed by atoms with Crippen LogP contribution in [-0.4, -0.2) is 20.2 Å². The van der Waals surface area contributed by atoms with E-state index in [1.54, 1.807) is 16.1 Å². The van der Waals surface area contributed by atoms with E-state index >= 15 is 0 Å². The van der Waals surface area contributed by atoms with Crippen molar-refractivity contribution in [1.29, 1.82) is 0 Å². The van der Waals surface area contributed by atoms with Gasteiger partial charge in [-0.05, 0) is 16.7 Å². The molecule has 0 radical (unpaired) electrons. The van der Waals surface area contributed by atoms with Crippen molar-refractivity contribution >= 4 is 11.3 Å². The number of hydrogen-bond donors (Lipinski definition) is 0. The maximum Gasteiger partial charge on any atom is 0.205 e. The third-order valence-corrected chi connectivity index (χ3v) is 2.85. The van der Waals surface area contributed by atoms with Crippen LogP contribution in [0.4, 0.5) is 0 Å². The second-order valence-electron chi connectivity index (χ2n) is 3.25. The van der Waals surface area contributed by atoms with Crippen LogP contribution in [0.1, 0.15) is 0 Å². The molecule has 78 valence electrons. The molecule has 5 heteroatoms. The maximum atomic E-state index is 4.32. The molecule has 0 aliphatic carbocycles. The summed E-state index contributed by atoms with van der Waals surface area (Å²) in [6, 6.07) is 11.8. The number of benzene rings is 1. The minimum atomic E-state index is 0.645. The Morgan fingerprint density at radius 1 is 1.06 bits per heavy atom. The van der Waals surface area contributed by atoms with Crippen LogP contribution in [-0.2, 0) is 0 Å². The van der Waals surface area contributed by atoms with Gasteiger partial charge in [0.05, 0.1) is 5.69 Å². The van der Waals surface area contributed by atoms with Crippen molar-refractivity contribution in [2.45, 2.75) is 0 Å². The maximum absolute atomic E-state index is 4.32. The largest absolute Gasteiger partial charge is 0.205 e. The van der Waals surface area contributed by atoms with Gasteiger partial charge in [0.15, 0.2) is 0 Å². The molecule has 0 unspecified atom stereocenters. The first-order valence-electron chi connectivity index (χ1n) is 4.81. The molecule has 0 aliphatic heterocycles. The summed E-state index contributed by atoms with van der Waals surface area (Å²) in [5.74, 6) is 0.645. The highest BCUT2D eigenvalue weighted by Crippen LogP contribution is 2.14. The first kappa shape index (κ1) is 9.23. The van der Waals surface area contributed by atoms with Gasteiger partial charge in [-0.3, -0.25) is 0 Å². The van der Waals surface area contributed by atoms with Gasteiger partial charge in [-0.25, -0.2) is 0 Å². The van der Waals surface area contributed by atoms with Gasteiger partial charge >= 0.3 is 0 Å². The third kappa shape index (κ3) is 1.61. The first-order chi connectivity index (χ1) is 7.93. The van der Waals surface area contributed by atoms with Gasteiger partial charge in [-0.1, -0.05) is 30.3 Å². The third-order valence-electron chi connectivity index (χ3n) is 2.18. The molecule has 0 amide bonds. The van der Waals surface area contributed by atoms with Crippen molar-refractivity contribution in [2.24, 2.45) is 0 Å². The number of hydrogen-bond acceptors (Lipinski definition) is 4. The van der Waals surface area contributed by atoms with E-state index in [0.29, 0.717) is 5.82 Å². The average Bonchev–Trinajstić information content (AvgIpc) is 3.01. The zero-order valence-corrected chi connectivity index (χ0v) is 9.13. The summed E-state index contributed by atoms with van der Waals surface area (Å²) in [5.41, 5.74) is 1.92. The summed E-state index contributed by atoms with van der Waals surface area (Å²) in [6.07, 6.45) is 0. The van der Waals surface area contributed by atoms with Crippen LogP contribution in [0.2, 0.25) is 0 Å². The minimum Gasteiger partial charge on any atom is -0.150 e. The molecular formula is C11H8N4S. The molecule has 0 saturated heterocycles. The summed E-state index contributed by atoms with van der Waals surface area (Å²) < 4.78 is 0. The predicted molar refractivity (Wildman–Crippen MR) is 62.5 cm³/mol. The van der Waals surface area contributed by atoms with Crippen LogP contribution in [0, 0.1) is 0 Å². The van der Waals surface area contributed by atoms with E-state index in [-0.39, 0.29) is 0 Å². The van der Waals surface area contributed by atoms with Gasteiger partial charge in [-0.15, -0.1) is 15.0 Å². The Morgan fingerprint density at radius 2 is 1.94 bits per heavy atom. The molecule has 3 aromatic rings. The zero-order chi connectivity index (χ0) is 10.8. The van der Waals surface area contributed by atoms with Crippen LogP contribution < -0.4 is 0 Å². The number of rotatable bonds is 2. The van der Waals surface area contributed by atoms with Crippen molar-refractivity contribution in [2.75, 3.05) is 0 Å². The fourth-order valence-corrected chi connectivity index (χ4v) is 2.01. The van der Waals surface area contributed by atoms with Gasteiger partial charge < -0.3 is 0 Å². The molecule has 0 N–H and O–H groups in total. The molecule has 0 saturated carbocycles. The molecule has 0 spiro atoms. The molecule has 4 nitrogen and oxygen atoms in total. The fourth-order valence-electron chi connectivity index (χ4n) is 1.40. The topological polar surface area (TPSA) is 43.6 Å². The molecule has 2 aromatic heterocycles. The summed E-state index contributed by atoms with van der Waals surface area (Å²) in [4.78, 5) is 1.54. The van der Waals surface area contributed by atoms with Crippen LogP contribution >= 0.6 is 11.3 Å². The smallest absolute Gasteiger partial charge is 0.150 e. The predicted octanol–water partition coefficient (Wildman–Crippen LogP) is 2.39. The lowest BCUT2D eigenvalue weighted by Gasteiger charge is -1.92. The highest BCUT2D eigenvalue weighted by Gasteiger charge is 2.06. The van der Waals surface area contributed by atoms with E-state index in [9.17, 15) is 0 Å². The van der Waals surface area contributed by atoms with Gasteiger partial charge in [0.1, 0.15) is 0 Å². The Morgan fingerprint density at radius 3 is 2.69 bits per heavy atom. The molecule has 0 aliphatic rings. The Kier molecular flexibility index (Phi) is 2.23. The van der Waals surface area contributed by atoms with Crippen molar-refractivity contribution in [1.82, 2.24) is 20.2 Å². The van der Waals surface area contributed by atoms with E-state index < -0.39 is 0 Å². The SMILES string of the molecule is c1ccc(-c2nnn(-c3ccsc3)n2)cc1. The van der Waals surface area contributed by atoms with Crippen molar-refractivity contribution in [3.8, 4) is 17.1 Å². The highest BCUT2D eigenvalue weighted by atomic mass is 32.1. The average molecular weight is 228 g/mol. The lowest BCUT2D eigenvalue weighted by atomic mass is 10.2. The molecule has 3 rings (SSSR count). The monoisotopic (exact) mass is 228 g/mol. The standard InChI is InChI=1S/C11H8N4S/c1-2-4-9(5-3-1)11-12-14-15(13-11)10-6-7-16-8-10/h1-8H. The lowest BCUT2D eigenvalue weighted by molar-refractivity contribution is 0.722. The summed E-state index contributed by atoms with van der Waals surface area (Å²) in [7, 11) is 0. The van der Waals surface area contributed by atoms with Crippen LogP contribution in [0.5, 0.6) is 0 Å². The van der Waals surface area contributed by atoms with Crippen molar-refractivity contribution in [3.05, 3.63) is 47.2 Å². The van der Waals surface area contributed by atoms with Crippen LogP contribution in [0.3, 0.4) is 0 Å². The second-order valence-corrected chi connectivity index (χ2v) is 4.03. The number of thiophene rings is 1. The molecule has 0 fully saturated rings. The normalized spacial score (nSPS) is 10.5. The second kappa shape index (κ2) is 3.86. The first-order valence-corrected chi connectivity index (χ1v) is 5.76. The van der Waals surface area contributed by atoms with Crippen LogP contribution in [0.15, 0.2) is 47.2 Å². The Balaban J connectivity index is 2.00. The quantitative estimate of drug-likeness (QED) is 0.676. The van der Waals surface area contributed by atoms with E-state index in [0.717, 1.165) is 11.3 Å². The highest BCUT2D eigenvalue weighted by molar-refractivity contribution is 7.08. The molecule has 1 aromatic carbocycles. The van der Waals surface area contributed by atoms with E-state index in [1.165, 1.54) is 0 Å². The van der Waals surface area contributed by atoms with Crippen molar-refractivity contribution < 1.29 is 0 Å². The summed E-state index contributed by atoms with van der Waals surface area (Å²) >= 11 is 1.61. The number of tetrazole rings is 1. The van der Waals surface area contributed by atoms with E-state index in [2.05, 4.69) is 15.4 Å². The Bertz CT molecular complexity index is 571. The fraction of sp³-hybridized carbons (Fsp3) is 0. The molecule has 0 atom stereocenters. The molecule has 16 heavy (non-hydrogen) atoms. The zero-order valence-electron chi connectivity index (χ0n) is 8.32. The number of nitrogens with zero attached hydrogens (tertiary/aromatic N) is 4. The van der Waals surface area contributed by atoms with Crippen LogP contribution in [0.25, 0.3) is 17.1 Å². The van der Waals surface area contributed by atoms with Gasteiger partial charge in [0.2, 0.25) is 5.82 Å². The summed E-state index contributed by atoms with van der Waals surface area (Å²) in [5, 5.41) is 16.3. The minimum absolute atomic E-state index is 0.645. The lowest BCUT2D eigenvalue weighted by Crippen LogP contribution is -1.96. The van der Waals surface area contributed by atoms with Crippen molar-refractivity contribution in [3.63, 3.8) is 0 Å². The number of aromatic nitrogens is 4. The Labute approximate surface area is 96.2 Å². The summed E-state index contributed by atoms with van der Waals surface area (Å²) in [6.45, 7) is 0. The van der Waals surface area contributed by atoms with Gasteiger partial charge in [0.25, 0.3) is 0 Å². The van der Waals surface area contributed by atoms with E-state index in [4.69, 9.17) is 0 Å².